The molecule has 0 radical (unpaired) electrons. The van der Waals surface area contributed by atoms with E-state index in [0.717, 1.165) is 4.90 Å². The third-order valence-corrected chi connectivity index (χ3v) is 3.94. The molecule has 7 heteroatoms. The molecule has 0 saturated carbocycles. The van der Waals surface area contributed by atoms with E-state index < -0.39 is 6.03 Å². The second-order valence-corrected chi connectivity index (χ2v) is 5.64. The largest absolute Gasteiger partial charge is 0.490 e. The van der Waals surface area contributed by atoms with E-state index in [1.54, 1.807) is 25.1 Å². The van der Waals surface area contributed by atoms with Gasteiger partial charge in [-0.3, -0.25) is 9.69 Å². The molecule has 0 aliphatic carbocycles. The number of nitrogens with one attached hydrogen (secondary N) is 1. The second-order valence-electron chi connectivity index (χ2n) is 4.78. The highest BCUT2D eigenvalue weighted by atomic mass is 79.9. The van der Waals surface area contributed by atoms with Crippen LogP contribution in [0.5, 0.6) is 11.5 Å². The summed E-state index contributed by atoms with van der Waals surface area (Å²) in [4.78, 5) is 25.0. The van der Waals surface area contributed by atoms with Crippen LogP contribution in [-0.2, 0) is 4.79 Å². The van der Waals surface area contributed by atoms with Crippen molar-refractivity contribution in [3.05, 3.63) is 27.9 Å². The van der Waals surface area contributed by atoms with Gasteiger partial charge in [-0.1, -0.05) is 21.9 Å². The van der Waals surface area contributed by atoms with Gasteiger partial charge in [-0.15, -0.1) is 6.42 Å². The summed E-state index contributed by atoms with van der Waals surface area (Å²) in [6, 6.07) is 3.01. The molecule has 1 aromatic carbocycles. The van der Waals surface area contributed by atoms with E-state index in [4.69, 9.17) is 15.9 Å². The van der Waals surface area contributed by atoms with Crippen LogP contribution in [-0.4, -0.2) is 36.6 Å². The third-order valence-electron chi connectivity index (χ3n) is 3.25. The minimum Gasteiger partial charge on any atom is -0.490 e. The SMILES string of the molecule is C#CCOc1cc(Br)c(/C=C2/NC(=O)N(CC)C2=O)cc1OCC. The van der Waals surface area contributed by atoms with Crippen molar-refractivity contribution < 1.29 is 19.1 Å². The van der Waals surface area contributed by atoms with E-state index in [2.05, 4.69) is 27.2 Å². The molecule has 2 rings (SSSR count). The molecule has 0 unspecified atom stereocenters. The Kier molecular flexibility index (Phi) is 5.88. The summed E-state index contributed by atoms with van der Waals surface area (Å²) in [6.45, 7) is 4.47. The number of benzene rings is 1. The van der Waals surface area contributed by atoms with E-state index in [0.29, 0.717) is 34.7 Å². The minimum atomic E-state index is -0.427. The molecule has 126 valence electrons. The average Bonchev–Trinajstić information content (AvgIpc) is 2.82. The van der Waals surface area contributed by atoms with Gasteiger partial charge in [0.2, 0.25) is 0 Å². The fourth-order valence-electron chi connectivity index (χ4n) is 2.18. The van der Waals surface area contributed by atoms with Gasteiger partial charge in [-0.05, 0) is 37.6 Å². The van der Waals surface area contributed by atoms with Crippen LogP contribution in [0, 0.1) is 12.3 Å². The van der Waals surface area contributed by atoms with Crippen LogP contribution in [0.2, 0.25) is 0 Å². The van der Waals surface area contributed by atoms with Crippen molar-refractivity contribution in [2.75, 3.05) is 19.8 Å². The van der Waals surface area contributed by atoms with Gasteiger partial charge in [0, 0.05) is 11.0 Å². The topological polar surface area (TPSA) is 67.9 Å². The summed E-state index contributed by atoms with van der Waals surface area (Å²) < 4.78 is 11.7. The molecule has 0 aromatic heterocycles. The summed E-state index contributed by atoms with van der Waals surface area (Å²) >= 11 is 3.43. The molecular weight excluding hydrogens is 376 g/mol. The fourth-order valence-corrected chi connectivity index (χ4v) is 2.61. The summed E-state index contributed by atoms with van der Waals surface area (Å²) in [6.07, 6.45) is 6.80. The second kappa shape index (κ2) is 7.88. The first-order valence-corrected chi connectivity index (χ1v) is 8.18. The van der Waals surface area contributed by atoms with Crippen LogP contribution < -0.4 is 14.8 Å². The number of hydrogen-bond acceptors (Lipinski definition) is 4. The van der Waals surface area contributed by atoms with Crippen molar-refractivity contribution in [2.45, 2.75) is 13.8 Å². The van der Waals surface area contributed by atoms with Gasteiger partial charge in [-0.2, -0.15) is 0 Å². The number of carbonyl (C=O) groups is 2. The Morgan fingerprint density at radius 3 is 2.58 bits per heavy atom. The number of carbonyl (C=O) groups excluding carboxylic acids is 2. The molecule has 1 fully saturated rings. The Morgan fingerprint density at radius 2 is 2.00 bits per heavy atom. The van der Waals surface area contributed by atoms with Gasteiger partial charge < -0.3 is 14.8 Å². The Labute approximate surface area is 148 Å². The lowest BCUT2D eigenvalue weighted by Crippen LogP contribution is -2.30. The van der Waals surface area contributed by atoms with Crippen molar-refractivity contribution in [3.8, 4) is 23.8 Å². The van der Waals surface area contributed by atoms with Crippen LogP contribution in [0.4, 0.5) is 4.79 Å². The molecule has 1 aliphatic heterocycles. The zero-order chi connectivity index (χ0) is 17.7. The van der Waals surface area contributed by atoms with Crippen LogP contribution >= 0.6 is 15.9 Å². The molecular formula is C17H17BrN2O4. The lowest BCUT2D eigenvalue weighted by atomic mass is 10.1. The molecule has 1 N–H and O–H groups in total. The maximum atomic E-state index is 12.2. The normalized spacial score (nSPS) is 15.4. The van der Waals surface area contributed by atoms with Crippen molar-refractivity contribution >= 4 is 33.9 Å². The monoisotopic (exact) mass is 392 g/mol. The number of halogens is 1. The minimum absolute atomic E-state index is 0.118. The third kappa shape index (κ3) is 3.71. The van der Waals surface area contributed by atoms with Crippen molar-refractivity contribution in [1.29, 1.82) is 0 Å². The van der Waals surface area contributed by atoms with Crippen LogP contribution in [0.1, 0.15) is 19.4 Å². The first-order valence-electron chi connectivity index (χ1n) is 7.38. The number of imide groups is 1. The molecule has 24 heavy (non-hydrogen) atoms. The molecule has 1 aromatic rings. The summed E-state index contributed by atoms with van der Waals surface area (Å²) in [5.74, 6) is 3.04. The number of rotatable bonds is 6. The predicted octanol–water partition coefficient (Wildman–Crippen LogP) is 2.77. The van der Waals surface area contributed by atoms with Crippen LogP contribution in [0.25, 0.3) is 6.08 Å². The molecule has 1 saturated heterocycles. The first-order chi connectivity index (χ1) is 11.5. The zero-order valence-corrected chi connectivity index (χ0v) is 15.0. The predicted molar refractivity (Wildman–Crippen MR) is 93.5 cm³/mol. The number of hydrogen-bond donors (Lipinski definition) is 1. The first kappa shape index (κ1) is 17.9. The molecule has 1 heterocycles. The van der Waals surface area contributed by atoms with Crippen molar-refractivity contribution in [1.82, 2.24) is 10.2 Å². The van der Waals surface area contributed by atoms with Gasteiger partial charge in [-0.25, -0.2) is 4.79 Å². The standard InChI is InChI=1S/C17H17BrN2O4/c1-4-7-24-15-10-12(18)11(9-14(15)23-6-3)8-13-16(21)20(5-2)17(22)19-13/h1,8-10H,5-7H2,2-3H3,(H,19,22)/b13-8+. The molecule has 0 atom stereocenters. The van der Waals surface area contributed by atoms with E-state index in [1.165, 1.54) is 0 Å². The Hall–Kier alpha value is -2.46. The van der Waals surface area contributed by atoms with Crippen molar-refractivity contribution in [2.24, 2.45) is 0 Å². The molecule has 0 spiro atoms. The van der Waals surface area contributed by atoms with Crippen LogP contribution in [0.3, 0.4) is 0 Å². The number of amides is 3. The number of urea groups is 1. The van der Waals surface area contributed by atoms with E-state index >= 15 is 0 Å². The number of nitrogens with zero attached hydrogens (tertiary/aromatic N) is 1. The number of likely N-dealkylation sites (N-methyl/N-ethyl adjacent to an activating group) is 1. The number of terminal acetylenes is 1. The van der Waals surface area contributed by atoms with Crippen LogP contribution in [0.15, 0.2) is 22.3 Å². The Bertz CT molecular complexity index is 737. The molecule has 3 amide bonds. The van der Waals surface area contributed by atoms with Gasteiger partial charge >= 0.3 is 6.03 Å². The highest BCUT2D eigenvalue weighted by Crippen LogP contribution is 2.35. The summed E-state index contributed by atoms with van der Waals surface area (Å²) in [5.41, 5.74) is 0.885. The summed E-state index contributed by atoms with van der Waals surface area (Å²) in [5, 5.41) is 2.56. The van der Waals surface area contributed by atoms with E-state index in [1.807, 2.05) is 6.92 Å². The lowest BCUT2D eigenvalue weighted by molar-refractivity contribution is -0.122. The van der Waals surface area contributed by atoms with Gasteiger partial charge in [0.1, 0.15) is 12.3 Å². The lowest BCUT2D eigenvalue weighted by Gasteiger charge is -2.13. The maximum Gasteiger partial charge on any atom is 0.328 e. The fraction of sp³-hybridized carbons (Fsp3) is 0.294. The van der Waals surface area contributed by atoms with Crippen molar-refractivity contribution in [3.63, 3.8) is 0 Å². The van der Waals surface area contributed by atoms with Gasteiger partial charge in [0.15, 0.2) is 11.5 Å². The molecule has 6 nitrogen and oxygen atoms in total. The average molecular weight is 393 g/mol. The Balaban J connectivity index is 2.39. The van der Waals surface area contributed by atoms with Gasteiger partial charge in [0.05, 0.1) is 6.61 Å². The summed E-state index contributed by atoms with van der Waals surface area (Å²) in [7, 11) is 0. The van der Waals surface area contributed by atoms with Gasteiger partial charge in [0.25, 0.3) is 5.91 Å². The zero-order valence-electron chi connectivity index (χ0n) is 13.4. The van der Waals surface area contributed by atoms with E-state index in [-0.39, 0.29) is 18.2 Å². The maximum absolute atomic E-state index is 12.2. The molecule has 1 aliphatic rings. The Morgan fingerprint density at radius 1 is 1.29 bits per heavy atom. The number of ether oxygens (including phenoxy) is 2. The van der Waals surface area contributed by atoms with E-state index in [9.17, 15) is 9.59 Å². The highest BCUT2D eigenvalue weighted by molar-refractivity contribution is 9.10. The smallest absolute Gasteiger partial charge is 0.328 e. The quantitative estimate of drug-likeness (QED) is 0.459. The molecule has 0 bridgehead atoms. The highest BCUT2D eigenvalue weighted by Gasteiger charge is 2.32.